The van der Waals surface area contributed by atoms with E-state index in [2.05, 4.69) is 5.32 Å². The molecule has 0 spiro atoms. The van der Waals surface area contributed by atoms with Gasteiger partial charge in [0, 0.05) is 24.3 Å². The Bertz CT molecular complexity index is 840. The van der Waals surface area contributed by atoms with Gasteiger partial charge in [-0.3, -0.25) is 4.79 Å². The van der Waals surface area contributed by atoms with Gasteiger partial charge in [0.05, 0.1) is 18.9 Å². The highest BCUT2D eigenvalue weighted by Gasteiger charge is 2.19. The Morgan fingerprint density at radius 3 is 2.52 bits per heavy atom. The molecule has 0 atom stereocenters. The summed E-state index contributed by atoms with van der Waals surface area (Å²) >= 11 is 0. The van der Waals surface area contributed by atoms with Crippen molar-refractivity contribution in [2.75, 3.05) is 36.5 Å². The van der Waals surface area contributed by atoms with Crippen molar-refractivity contribution in [3.63, 3.8) is 0 Å². The number of phenolic OH excluding ortho intramolecular Hbond substituents is 1. The number of hydrogen-bond acceptors (Lipinski definition) is 4. The van der Waals surface area contributed by atoms with Gasteiger partial charge in [-0.15, -0.1) is 0 Å². The zero-order chi connectivity index (χ0) is 19.6. The van der Waals surface area contributed by atoms with Gasteiger partial charge < -0.3 is 20.1 Å². The number of morpholine rings is 1. The molecule has 1 amide bonds. The van der Waals surface area contributed by atoms with Crippen molar-refractivity contribution < 1.29 is 19.0 Å². The van der Waals surface area contributed by atoms with Gasteiger partial charge in [0.15, 0.2) is 0 Å². The number of ether oxygens (including phenoxy) is 1. The number of carbonyl (C=O) groups excluding carboxylic acids is 1. The fraction of sp³-hybridized carbons (Fsp3) is 0.381. The van der Waals surface area contributed by atoms with Crippen LogP contribution in [0.15, 0.2) is 36.4 Å². The van der Waals surface area contributed by atoms with Crippen LogP contribution in [0.5, 0.6) is 5.75 Å². The maximum Gasteiger partial charge on any atom is 0.255 e. The van der Waals surface area contributed by atoms with E-state index in [0.717, 1.165) is 5.56 Å². The molecule has 2 aromatic carbocycles. The quantitative estimate of drug-likeness (QED) is 0.802. The fourth-order valence-corrected chi connectivity index (χ4v) is 3.01. The highest BCUT2D eigenvalue weighted by Crippen LogP contribution is 2.31. The molecule has 1 aliphatic rings. The molecule has 0 aliphatic carbocycles. The molecule has 0 unspecified atom stereocenters. The minimum absolute atomic E-state index is 0.0267. The van der Waals surface area contributed by atoms with E-state index in [1.807, 2.05) is 31.7 Å². The predicted molar refractivity (Wildman–Crippen MR) is 104 cm³/mol. The number of benzene rings is 2. The average Bonchev–Trinajstić information content (AvgIpc) is 2.62. The summed E-state index contributed by atoms with van der Waals surface area (Å²) in [6.45, 7) is 8.60. The van der Waals surface area contributed by atoms with Crippen molar-refractivity contribution >= 4 is 17.3 Å². The first kappa shape index (κ1) is 19.2. The number of phenols is 1. The second-order valence-corrected chi connectivity index (χ2v) is 7.73. The van der Waals surface area contributed by atoms with Crippen LogP contribution in [0.2, 0.25) is 0 Å². The van der Waals surface area contributed by atoms with E-state index < -0.39 is 11.7 Å². The summed E-state index contributed by atoms with van der Waals surface area (Å²) < 4.78 is 19.4. The molecule has 0 saturated carbocycles. The Kier molecular flexibility index (Phi) is 5.37. The lowest BCUT2D eigenvalue weighted by Crippen LogP contribution is -2.36. The zero-order valence-electron chi connectivity index (χ0n) is 15.9. The smallest absolute Gasteiger partial charge is 0.255 e. The third kappa shape index (κ3) is 4.57. The van der Waals surface area contributed by atoms with Crippen LogP contribution in [-0.2, 0) is 10.2 Å². The lowest BCUT2D eigenvalue weighted by Gasteiger charge is -2.29. The summed E-state index contributed by atoms with van der Waals surface area (Å²) in [5.74, 6) is -0.969. The molecule has 1 fully saturated rings. The molecule has 1 heterocycles. The fourth-order valence-electron chi connectivity index (χ4n) is 3.01. The Balaban J connectivity index is 1.85. The molecule has 5 nitrogen and oxygen atoms in total. The third-order valence-electron chi connectivity index (χ3n) is 4.63. The van der Waals surface area contributed by atoms with E-state index in [1.165, 1.54) is 12.1 Å². The molecule has 2 N–H and O–H groups in total. The van der Waals surface area contributed by atoms with Gasteiger partial charge in [0.2, 0.25) is 0 Å². The van der Waals surface area contributed by atoms with Gasteiger partial charge in [-0.05, 0) is 41.3 Å². The van der Waals surface area contributed by atoms with Crippen LogP contribution in [0.4, 0.5) is 15.8 Å². The summed E-state index contributed by atoms with van der Waals surface area (Å²) in [7, 11) is 0. The molecule has 0 radical (unpaired) electrons. The van der Waals surface area contributed by atoms with E-state index in [1.54, 1.807) is 18.2 Å². The highest BCUT2D eigenvalue weighted by molar-refractivity contribution is 6.05. The molecule has 2 aromatic rings. The molecule has 144 valence electrons. The third-order valence-corrected chi connectivity index (χ3v) is 4.63. The summed E-state index contributed by atoms with van der Waals surface area (Å²) in [6.07, 6.45) is 0. The number of anilines is 2. The van der Waals surface area contributed by atoms with Crippen LogP contribution in [0.25, 0.3) is 0 Å². The number of nitrogens with one attached hydrogen (secondary N) is 1. The molecular formula is C21H25FN2O3. The first-order chi connectivity index (χ1) is 12.7. The van der Waals surface area contributed by atoms with Gasteiger partial charge >= 0.3 is 0 Å². The van der Waals surface area contributed by atoms with E-state index in [4.69, 9.17) is 4.74 Å². The number of hydrogen-bond donors (Lipinski definition) is 2. The normalized spacial score (nSPS) is 14.9. The molecule has 27 heavy (non-hydrogen) atoms. The van der Waals surface area contributed by atoms with Crippen molar-refractivity contribution in [3.05, 3.63) is 53.3 Å². The van der Waals surface area contributed by atoms with Gasteiger partial charge in [-0.1, -0.05) is 26.8 Å². The van der Waals surface area contributed by atoms with Crippen molar-refractivity contribution in [2.45, 2.75) is 26.2 Å². The average molecular weight is 372 g/mol. The van der Waals surface area contributed by atoms with E-state index in [9.17, 15) is 14.3 Å². The first-order valence-electron chi connectivity index (χ1n) is 9.02. The number of aromatic hydroxyl groups is 1. The lowest BCUT2D eigenvalue weighted by atomic mass is 9.87. The van der Waals surface area contributed by atoms with Crippen molar-refractivity contribution in [2.24, 2.45) is 0 Å². The summed E-state index contributed by atoms with van der Waals surface area (Å²) in [4.78, 5) is 14.7. The maximum atomic E-state index is 14.1. The second kappa shape index (κ2) is 7.56. The maximum absolute atomic E-state index is 14.1. The Morgan fingerprint density at radius 2 is 1.85 bits per heavy atom. The first-order valence-corrected chi connectivity index (χ1v) is 9.02. The number of rotatable bonds is 3. The van der Waals surface area contributed by atoms with Crippen LogP contribution in [-0.4, -0.2) is 37.3 Å². The predicted octanol–water partition coefficient (Wildman–Crippen LogP) is 3.92. The van der Waals surface area contributed by atoms with Crippen molar-refractivity contribution in [1.29, 1.82) is 0 Å². The van der Waals surface area contributed by atoms with Crippen LogP contribution in [0.1, 0.15) is 36.7 Å². The van der Waals surface area contributed by atoms with Crippen LogP contribution < -0.4 is 10.2 Å². The summed E-state index contributed by atoms with van der Waals surface area (Å²) in [5, 5.41) is 12.8. The minimum Gasteiger partial charge on any atom is -0.506 e. The Hall–Kier alpha value is -2.60. The van der Waals surface area contributed by atoms with Gasteiger partial charge in [-0.25, -0.2) is 4.39 Å². The number of amides is 1. The summed E-state index contributed by atoms with van der Waals surface area (Å²) in [6, 6.07) is 9.40. The zero-order valence-corrected chi connectivity index (χ0v) is 15.9. The standard InChI is InChI=1S/C21H25FN2O3/c1-21(2,3)15-4-5-19(25)18(12-15)23-20(26)14-10-16(22)13-17(11-14)24-6-8-27-9-7-24/h4-5,10-13,25H,6-9H2,1-3H3,(H,23,26). The molecule has 3 rings (SSSR count). The van der Waals surface area contributed by atoms with Crippen LogP contribution >= 0.6 is 0 Å². The molecule has 0 bridgehead atoms. The Labute approximate surface area is 158 Å². The SMILES string of the molecule is CC(C)(C)c1ccc(O)c(NC(=O)c2cc(F)cc(N3CCOCC3)c2)c1. The molecule has 1 aliphatic heterocycles. The lowest BCUT2D eigenvalue weighted by molar-refractivity contribution is 0.102. The number of halogens is 1. The van der Waals surface area contributed by atoms with Gasteiger partial charge in [0.1, 0.15) is 11.6 Å². The van der Waals surface area contributed by atoms with Crippen molar-refractivity contribution in [3.8, 4) is 5.75 Å². The molecule has 6 heteroatoms. The molecule has 1 saturated heterocycles. The minimum atomic E-state index is -0.475. The molecule has 0 aromatic heterocycles. The topological polar surface area (TPSA) is 61.8 Å². The van der Waals surface area contributed by atoms with E-state index >= 15 is 0 Å². The van der Waals surface area contributed by atoms with Gasteiger partial charge in [0.25, 0.3) is 5.91 Å². The largest absolute Gasteiger partial charge is 0.506 e. The second-order valence-electron chi connectivity index (χ2n) is 7.73. The van der Waals surface area contributed by atoms with Crippen molar-refractivity contribution in [1.82, 2.24) is 0 Å². The van der Waals surface area contributed by atoms with E-state index in [-0.39, 0.29) is 16.7 Å². The summed E-state index contributed by atoms with van der Waals surface area (Å²) in [5.41, 5.74) is 2.01. The monoisotopic (exact) mass is 372 g/mol. The molecular weight excluding hydrogens is 347 g/mol. The van der Waals surface area contributed by atoms with Gasteiger partial charge in [-0.2, -0.15) is 0 Å². The van der Waals surface area contributed by atoms with E-state index in [0.29, 0.717) is 37.7 Å². The van der Waals surface area contributed by atoms with Crippen LogP contribution in [0.3, 0.4) is 0 Å². The number of nitrogens with zero attached hydrogens (tertiary/aromatic N) is 1. The highest BCUT2D eigenvalue weighted by atomic mass is 19.1. The Morgan fingerprint density at radius 1 is 1.15 bits per heavy atom. The number of carbonyl (C=O) groups is 1. The van der Waals surface area contributed by atoms with Crippen LogP contribution in [0, 0.1) is 5.82 Å².